The largest absolute Gasteiger partial charge is 0.347 e. The third-order valence-corrected chi connectivity index (χ3v) is 5.19. The van der Waals surface area contributed by atoms with E-state index in [-0.39, 0.29) is 11.1 Å². The van der Waals surface area contributed by atoms with Crippen molar-refractivity contribution in [2.24, 2.45) is 5.41 Å². The Bertz CT molecular complexity index is 536. The average Bonchev–Trinajstić information content (AvgIpc) is 2.67. The van der Waals surface area contributed by atoms with Gasteiger partial charge in [-0.1, -0.05) is 41.6 Å². The van der Waals surface area contributed by atoms with E-state index in [4.69, 9.17) is 0 Å². The number of hydrogen-bond donors (Lipinski definition) is 0. The van der Waals surface area contributed by atoms with Crippen LogP contribution in [0.3, 0.4) is 0 Å². The second-order valence-corrected chi connectivity index (χ2v) is 6.09. The van der Waals surface area contributed by atoms with Gasteiger partial charge < -0.3 is 0 Å². The topological polar surface area (TPSA) is 78.0 Å². The molecule has 0 bridgehead atoms. The summed E-state index contributed by atoms with van der Waals surface area (Å²) in [6.07, 6.45) is 9.12. The molecule has 1 aliphatic carbocycles. The van der Waals surface area contributed by atoms with Crippen LogP contribution in [-0.4, -0.2) is 19.8 Å². The highest BCUT2D eigenvalue weighted by molar-refractivity contribution is 9.09. The van der Waals surface area contributed by atoms with Crippen molar-refractivity contribution in [2.75, 3.05) is 5.33 Å². The Kier molecular flexibility index (Phi) is 4.91. The summed E-state index contributed by atoms with van der Waals surface area (Å²) in [4.78, 5) is 25.7. The van der Waals surface area contributed by atoms with Crippen LogP contribution >= 0.6 is 15.9 Å². The molecular weight excluding hydrogens is 326 g/mol. The molecule has 0 aliphatic heterocycles. The molecule has 0 amide bonds. The van der Waals surface area contributed by atoms with Gasteiger partial charge in [0, 0.05) is 11.9 Å². The van der Waals surface area contributed by atoms with Crippen molar-refractivity contribution in [1.82, 2.24) is 9.55 Å². The van der Waals surface area contributed by atoms with Gasteiger partial charge in [-0.15, -0.1) is 0 Å². The molecule has 0 radical (unpaired) electrons. The monoisotopic (exact) mass is 343 g/mol. The summed E-state index contributed by atoms with van der Waals surface area (Å²) in [5, 5.41) is 11.6. The maximum absolute atomic E-state index is 11.8. The maximum atomic E-state index is 11.8. The van der Waals surface area contributed by atoms with Crippen molar-refractivity contribution in [3.63, 3.8) is 0 Å². The lowest BCUT2D eigenvalue weighted by molar-refractivity contribution is -0.385. The standard InChI is InChI=1S/C13H18BrN3O3/c14-9-13(5-3-1-2-4-6-13)10-16-8-11(17(19)20)7-15-12(16)18/h7-8H,1-6,9-10H2. The van der Waals surface area contributed by atoms with E-state index in [9.17, 15) is 14.9 Å². The van der Waals surface area contributed by atoms with E-state index in [1.807, 2.05) is 0 Å². The van der Waals surface area contributed by atoms with Crippen LogP contribution in [0.4, 0.5) is 5.69 Å². The Labute approximate surface area is 125 Å². The molecule has 1 heterocycles. The highest BCUT2D eigenvalue weighted by Crippen LogP contribution is 2.38. The number of nitro groups is 1. The van der Waals surface area contributed by atoms with E-state index in [0.29, 0.717) is 6.54 Å². The van der Waals surface area contributed by atoms with Crippen molar-refractivity contribution in [2.45, 2.75) is 45.1 Å². The molecule has 110 valence electrons. The molecule has 1 aromatic heterocycles. The van der Waals surface area contributed by atoms with Gasteiger partial charge in [0.25, 0.3) is 0 Å². The summed E-state index contributed by atoms with van der Waals surface area (Å²) in [7, 11) is 0. The summed E-state index contributed by atoms with van der Waals surface area (Å²) in [6.45, 7) is 0.492. The van der Waals surface area contributed by atoms with Crippen molar-refractivity contribution < 1.29 is 4.92 Å². The number of hydrogen-bond acceptors (Lipinski definition) is 4. The second-order valence-electron chi connectivity index (χ2n) is 5.53. The highest BCUT2D eigenvalue weighted by Gasteiger charge is 2.31. The molecule has 0 saturated heterocycles. The van der Waals surface area contributed by atoms with Crippen molar-refractivity contribution in [1.29, 1.82) is 0 Å². The van der Waals surface area contributed by atoms with Crippen molar-refractivity contribution in [3.8, 4) is 0 Å². The second kappa shape index (κ2) is 6.47. The Morgan fingerprint density at radius 1 is 1.35 bits per heavy atom. The minimum Gasteiger partial charge on any atom is -0.292 e. The first-order valence-corrected chi connectivity index (χ1v) is 7.95. The molecule has 2 rings (SSSR count). The number of rotatable bonds is 4. The van der Waals surface area contributed by atoms with E-state index in [0.717, 1.165) is 37.2 Å². The van der Waals surface area contributed by atoms with Gasteiger partial charge in [-0.25, -0.2) is 4.79 Å². The number of aromatic nitrogens is 2. The molecule has 0 aromatic carbocycles. The first-order valence-electron chi connectivity index (χ1n) is 6.83. The quantitative estimate of drug-likeness (QED) is 0.364. The van der Waals surface area contributed by atoms with Crippen LogP contribution in [0.25, 0.3) is 0 Å². The number of nitrogens with zero attached hydrogens (tertiary/aromatic N) is 3. The van der Waals surface area contributed by atoms with Gasteiger partial charge in [-0.3, -0.25) is 14.7 Å². The molecule has 0 N–H and O–H groups in total. The first kappa shape index (κ1) is 15.2. The molecule has 1 aromatic rings. The molecule has 20 heavy (non-hydrogen) atoms. The van der Waals surface area contributed by atoms with E-state index in [1.165, 1.54) is 23.6 Å². The number of halogens is 1. The normalized spacial score (nSPS) is 18.4. The third kappa shape index (κ3) is 3.45. The number of alkyl halides is 1. The SMILES string of the molecule is O=c1ncc([N+](=O)[O-])cn1CC1(CBr)CCCCCC1. The average molecular weight is 344 g/mol. The van der Waals surface area contributed by atoms with Crippen LogP contribution in [0.5, 0.6) is 0 Å². The van der Waals surface area contributed by atoms with Crippen LogP contribution in [0, 0.1) is 15.5 Å². The van der Waals surface area contributed by atoms with Crippen LogP contribution < -0.4 is 5.69 Å². The summed E-state index contributed by atoms with van der Waals surface area (Å²) in [5.74, 6) is 0. The van der Waals surface area contributed by atoms with Crippen molar-refractivity contribution in [3.05, 3.63) is 33.0 Å². The lowest BCUT2D eigenvalue weighted by atomic mass is 9.82. The van der Waals surface area contributed by atoms with Gasteiger partial charge in [0.2, 0.25) is 0 Å². The molecule has 0 spiro atoms. The minimum atomic E-state index is -0.517. The fourth-order valence-corrected chi connectivity index (χ4v) is 3.56. The lowest BCUT2D eigenvalue weighted by Crippen LogP contribution is -2.34. The van der Waals surface area contributed by atoms with E-state index in [2.05, 4.69) is 20.9 Å². The van der Waals surface area contributed by atoms with Gasteiger partial charge in [0.05, 0.1) is 11.1 Å². The maximum Gasteiger partial charge on any atom is 0.347 e. The molecular formula is C13H18BrN3O3. The van der Waals surface area contributed by atoms with E-state index in [1.54, 1.807) is 0 Å². The molecule has 1 saturated carbocycles. The summed E-state index contributed by atoms with van der Waals surface area (Å²) in [6, 6.07) is 0. The fourth-order valence-electron chi connectivity index (χ4n) is 2.83. The predicted molar refractivity (Wildman–Crippen MR) is 79.1 cm³/mol. The van der Waals surface area contributed by atoms with Gasteiger partial charge in [0.1, 0.15) is 6.20 Å². The molecule has 1 aliphatic rings. The van der Waals surface area contributed by atoms with Gasteiger partial charge in [-0.05, 0) is 18.3 Å². The summed E-state index contributed by atoms with van der Waals surface area (Å²) >= 11 is 3.56. The zero-order valence-corrected chi connectivity index (χ0v) is 12.8. The van der Waals surface area contributed by atoms with Crippen LogP contribution in [-0.2, 0) is 6.54 Å². The van der Waals surface area contributed by atoms with Gasteiger partial charge in [-0.2, -0.15) is 4.98 Å². The summed E-state index contributed by atoms with van der Waals surface area (Å²) in [5.41, 5.74) is -0.555. The Morgan fingerprint density at radius 2 is 2.00 bits per heavy atom. The predicted octanol–water partition coefficient (Wildman–Crippen LogP) is 2.89. The molecule has 0 atom stereocenters. The van der Waals surface area contributed by atoms with Gasteiger partial charge >= 0.3 is 11.4 Å². The zero-order chi connectivity index (χ0) is 14.6. The minimum absolute atomic E-state index is 0.00275. The highest BCUT2D eigenvalue weighted by atomic mass is 79.9. The molecule has 6 nitrogen and oxygen atoms in total. The van der Waals surface area contributed by atoms with Crippen LogP contribution in [0.2, 0.25) is 0 Å². The fraction of sp³-hybridized carbons (Fsp3) is 0.692. The van der Waals surface area contributed by atoms with E-state index < -0.39 is 10.6 Å². The van der Waals surface area contributed by atoms with Crippen LogP contribution in [0.15, 0.2) is 17.2 Å². The first-order chi connectivity index (χ1) is 9.56. The third-order valence-electron chi connectivity index (χ3n) is 4.01. The lowest BCUT2D eigenvalue weighted by Gasteiger charge is -2.31. The Morgan fingerprint density at radius 3 is 2.55 bits per heavy atom. The Balaban J connectivity index is 2.28. The molecule has 1 fully saturated rings. The van der Waals surface area contributed by atoms with Gasteiger partial charge in [0.15, 0.2) is 0 Å². The van der Waals surface area contributed by atoms with E-state index >= 15 is 0 Å². The van der Waals surface area contributed by atoms with Crippen LogP contribution in [0.1, 0.15) is 38.5 Å². The summed E-state index contributed by atoms with van der Waals surface area (Å²) < 4.78 is 1.39. The van der Waals surface area contributed by atoms with Crippen molar-refractivity contribution >= 4 is 21.6 Å². The Hall–Kier alpha value is -1.24. The molecule has 0 unspecified atom stereocenters. The zero-order valence-electron chi connectivity index (χ0n) is 11.3. The smallest absolute Gasteiger partial charge is 0.292 e. The molecule has 7 heteroatoms.